The zero-order chi connectivity index (χ0) is 14.7. The van der Waals surface area contributed by atoms with Gasteiger partial charge in [-0.05, 0) is 44.0 Å². The molecule has 2 aliphatic heterocycles. The second-order valence-corrected chi connectivity index (χ2v) is 6.42. The molecule has 3 atom stereocenters. The second kappa shape index (κ2) is 6.91. The first kappa shape index (κ1) is 15.0. The topological polar surface area (TPSA) is 24.5 Å². The number of morpholine rings is 1. The molecule has 2 fully saturated rings. The summed E-state index contributed by atoms with van der Waals surface area (Å²) in [4.78, 5) is 2.62. The number of benzene rings is 1. The molecule has 0 aliphatic carbocycles. The van der Waals surface area contributed by atoms with E-state index in [1.807, 2.05) is 0 Å². The van der Waals surface area contributed by atoms with Crippen molar-refractivity contribution in [2.75, 3.05) is 26.7 Å². The average Bonchev–Trinajstić information content (AvgIpc) is 2.96. The molecule has 0 saturated carbocycles. The molecule has 0 radical (unpaired) electrons. The van der Waals surface area contributed by atoms with Crippen molar-refractivity contribution in [2.45, 2.75) is 50.8 Å². The number of aryl methyl sites for hydroxylation is 1. The molecular weight excluding hydrogens is 260 g/mol. The van der Waals surface area contributed by atoms with E-state index < -0.39 is 0 Å². The molecule has 0 bridgehead atoms. The lowest BCUT2D eigenvalue weighted by molar-refractivity contribution is -0.0642. The molecule has 1 aromatic rings. The molecule has 3 heteroatoms. The Labute approximate surface area is 128 Å². The van der Waals surface area contributed by atoms with Gasteiger partial charge in [-0.2, -0.15) is 0 Å². The lowest BCUT2D eigenvalue weighted by Gasteiger charge is -2.39. The van der Waals surface area contributed by atoms with Gasteiger partial charge in [0.25, 0.3) is 0 Å². The fraction of sp³-hybridized carbons (Fsp3) is 0.667. The van der Waals surface area contributed by atoms with Crippen molar-refractivity contribution in [1.82, 2.24) is 10.2 Å². The van der Waals surface area contributed by atoms with Crippen molar-refractivity contribution in [3.8, 4) is 0 Å². The van der Waals surface area contributed by atoms with Gasteiger partial charge in [0.1, 0.15) is 0 Å². The number of hydrogen-bond acceptors (Lipinski definition) is 3. The third-order valence-corrected chi connectivity index (χ3v) is 4.95. The Hall–Kier alpha value is -0.900. The third-order valence-electron chi connectivity index (χ3n) is 4.95. The van der Waals surface area contributed by atoms with Crippen LogP contribution in [-0.2, 0) is 11.2 Å². The van der Waals surface area contributed by atoms with Gasteiger partial charge in [-0.15, -0.1) is 0 Å². The van der Waals surface area contributed by atoms with Gasteiger partial charge in [-0.25, -0.2) is 0 Å². The van der Waals surface area contributed by atoms with Gasteiger partial charge in [0.2, 0.25) is 0 Å². The molecule has 3 nitrogen and oxygen atoms in total. The van der Waals surface area contributed by atoms with Crippen LogP contribution in [-0.4, -0.2) is 43.8 Å². The Morgan fingerprint density at radius 3 is 3.14 bits per heavy atom. The molecular formula is C18H28N2O. The summed E-state index contributed by atoms with van der Waals surface area (Å²) in [6.45, 7) is 5.45. The van der Waals surface area contributed by atoms with Gasteiger partial charge in [0, 0.05) is 12.6 Å². The van der Waals surface area contributed by atoms with Crippen molar-refractivity contribution in [1.29, 1.82) is 0 Å². The van der Waals surface area contributed by atoms with E-state index in [-0.39, 0.29) is 6.10 Å². The van der Waals surface area contributed by atoms with Gasteiger partial charge in [-0.3, -0.25) is 4.90 Å². The SMILES string of the molecule is CCCc1cccc(C(NC)C2CN3CCCC3CO2)c1. The first-order valence-corrected chi connectivity index (χ1v) is 8.43. The number of rotatable bonds is 5. The summed E-state index contributed by atoms with van der Waals surface area (Å²) >= 11 is 0. The molecule has 2 aliphatic rings. The standard InChI is InChI=1S/C18H28N2O/c1-3-6-14-7-4-8-15(11-14)18(19-2)17-12-20-10-5-9-16(20)13-21-17/h4,7-8,11,16-19H,3,5-6,9-10,12-13H2,1-2H3. The van der Waals surface area contributed by atoms with E-state index >= 15 is 0 Å². The highest BCUT2D eigenvalue weighted by Gasteiger charge is 2.35. The Balaban J connectivity index is 1.73. The average molecular weight is 288 g/mol. The number of hydrogen-bond donors (Lipinski definition) is 1. The van der Waals surface area contributed by atoms with Crippen LogP contribution in [0.15, 0.2) is 24.3 Å². The van der Waals surface area contributed by atoms with Crippen LogP contribution in [0.4, 0.5) is 0 Å². The minimum Gasteiger partial charge on any atom is -0.373 e. The van der Waals surface area contributed by atoms with Crippen LogP contribution in [0.5, 0.6) is 0 Å². The lowest BCUT2D eigenvalue weighted by Crippen LogP contribution is -2.50. The maximum absolute atomic E-state index is 6.19. The molecule has 3 rings (SSSR count). The van der Waals surface area contributed by atoms with Crippen molar-refractivity contribution in [2.24, 2.45) is 0 Å². The summed E-state index contributed by atoms with van der Waals surface area (Å²) in [6.07, 6.45) is 5.26. The maximum atomic E-state index is 6.19. The van der Waals surface area contributed by atoms with Gasteiger partial charge >= 0.3 is 0 Å². The van der Waals surface area contributed by atoms with Crippen molar-refractivity contribution < 1.29 is 4.74 Å². The summed E-state index contributed by atoms with van der Waals surface area (Å²) < 4.78 is 6.19. The van der Waals surface area contributed by atoms with E-state index in [2.05, 4.69) is 48.5 Å². The zero-order valence-electron chi connectivity index (χ0n) is 13.3. The molecule has 0 amide bonds. The molecule has 0 spiro atoms. The van der Waals surface area contributed by atoms with Crippen LogP contribution in [0.25, 0.3) is 0 Å². The summed E-state index contributed by atoms with van der Waals surface area (Å²) in [5.41, 5.74) is 2.80. The highest BCUT2D eigenvalue weighted by molar-refractivity contribution is 5.27. The molecule has 21 heavy (non-hydrogen) atoms. The van der Waals surface area contributed by atoms with Crippen LogP contribution >= 0.6 is 0 Å². The van der Waals surface area contributed by atoms with E-state index in [4.69, 9.17) is 4.74 Å². The molecule has 116 valence electrons. The van der Waals surface area contributed by atoms with E-state index in [0.29, 0.717) is 12.1 Å². The fourth-order valence-electron chi connectivity index (χ4n) is 3.84. The summed E-state index contributed by atoms with van der Waals surface area (Å²) in [5.74, 6) is 0. The molecule has 3 unspecified atom stereocenters. The molecule has 1 aromatic carbocycles. The van der Waals surface area contributed by atoms with Gasteiger partial charge in [-0.1, -0.05) is 37.6 Å². The Morgan fingerprint density at radius 2 is 2.33 bits per heavy atom. The van der Waals surface area contributed by atoms with Gasteiger partial charge in [0.05, 0.1) is 18.8 Å². The largest absolute Gasteiger partial charge is 0.373 e. The van der Waals surface area contributed by atoms with Crippen LogP contribution in [0.3, 0.4) is 0 Å². The molecule has 2 heterocycles. The predicted molar refractivity (Wildman–Crippen MR) is 86.6 cm³/mol. The molecule has 0 aromatic heterocycles. The van der Waals surface area contributed by atoms with E-state index in [1.165, 1.54) is 36.9 Å². The molecule has 1 N–H and O–H groups in total. The van der Waals surface area contributed by atoms with Crippen LogP contribution in [0.1, 0.15) is 43.4 Å². The number of fused-ring (bicyclic) bond motifs is 1. The minimum atomic E-state index is 0.265. The first-order chi connectivity index (χ1) is 10.3. The number of nitrogens with one attached hydrogen (secondary N) is 1. The van der Waals surface area contributed by atoms with E-state index in [0.717, 1.165) is 19.6 Å². The van der Waals surface area contributed by atoms with Gasteiger partial charge in [0.15, 0.2) is 0 Å². The zero-order valence-corrected chi connectivity index (χ0v) is 13.3. The number of nitrogens with zero attached hydrogens (tertiary/aromatic N) is 1. The number of ether oxygens (including phenoxy) is 1. The highest BCUT2D eigenvalue weighted by atomic mass is 16.5. The fourth-order valence-corrected chi connectivity index (χ4v) is 3.84. The van der Waals surface area contributed by atoms with Crippen molar-refractivity contribution in [3.63, 3.8) is 0 Å². The third kappa shape index (κ3) is 3.31. The first-order valence-electron chi connectivity index (χ1n) is 8.43. The van der Waals surface area contributed by atoms with Gasteiger partial charge < -0.3 is 10.1 Å². The Bertz CT molecular complexity index is 462. The Morgan fingerprint density at radius 1 is 1.43 bits per heavy atom. The summed E-state index contributed by atoms with van der Waals surface area (Å²) in [7, 11) is 2.05. The predicted octanol–water partition coefficient (Wildman–Crippen LogP) is 2.76. The highest BCUT2D eigenvalue weighted by Crippen LogP contribution is 2.29. The van der Waals surface area contributed by atoms with E-state index in [1.54, 1.807) is 0 Å². The van der Waals surface area contributed by atoms with Crippen molar-refractivity contribution in [3.05, 3.63) is 35.4 Å². The van der Waals surface area contributed by atoms with E-state index in [9.17, 15) is 0 Å². The number of likely N-dealkylation sites (N-methyl/N-ethyl adjacent to an activating group) is 1. The maximum Gasteiger partial charge on any atom is 0.0897 e. The quantitative estimate of drug-likeness (QED) is 0.901. The Kier molecular flexibility index (Phi) is 4.94. The minimum absolute atomic E-state index is 0.265. The monoisotopic (exact) mass is 288 g/mol. The van der Waals surface area contributed by atoms with Crippen LogP contribution in [0, 0.1) is 0 Å². The normalized spacial score (nSPS) is 27.5. The smallest absolute Gasteiger partial charge is 0.0897 e. The second-order valence-electron chi connectivity index (χ2n) is 6.42. The lowest BCUT2D eigenvalue weighted by atomic mass is 9.96. The van der Waals surface area contributed by atoms with Crippen molar-refractivity contribution >= 4 is 0 Å². The summed E-state index contributed by atoms with van der Waals surface area (Å²) in [5, 5.41) is 3.49. The van der Waals surface area contributed by atoms with Crippen LogP contribution < -0.4 is 5.32 Å². The van der Waals surface area contributed by atoms with Crippen LogP contribution in [0.2, 0.25) is 0 Å². The summed E-state index contributed by atoms with van der Waals surface area (Å²) in [6, 6.07) is 9.97. The molecule has 2 saturated heterocycles.